The first-order valence-electron chi connectivity index (χ1n) is 0.783. The van der Waals surface area contributed by atoms with Gasteiger partial charge in [-0.05, 0) is 0 Å². The second-order valence-corrected chi connectivity index (χ2v) is 1.54. The molecule has 4 nitrogen and oxygen atoms in total. The number of hydrogen-bond acceptors (Lipinski definition) is 1. The van der Waals surface area contributed by atoms with Crippen LogP contribution in [0.2, 0.25) is 0 Å². The first kappa shape index (κ1) is 50.0. The van der Waals surface area contributed by atoms with Gasteiger partial charge in [-0.25, -0.2) is 4.57 Å². The monoisotopic (exact) mass is 327 g/mol. The van der Waals surface area contributed by atoms with Gasteiger partial charge in [-0.2, -0.15) is 0 Å². The minimum atomic E-state index is -4.64. The van der Waals surface area contributed by atoms with Gasteiger partial charge in [0.1, 0.15) is 0 Å². The van der Waals surface area contributed by atoms with Gasteiger partial charge in [0.05, 0.1) is 0 Å². The number of rotatable bonds is 0. The number of hydrogen-bond donors (Lipinski definition) is 3. The van der Waals surface area contributed by atoms with Crippen molar-refractivity contribution in [3.8, 4) is 0 Å². The fourth-order valence-corrected chi connectivity index (χ4v) is 0. The fourth-order valence-electron chi connectivity index (χ4n) is 0. The first-order chi connectivity index (χ1) is 2.00. The van der Waals surface area contributed by atoms with Gasteiger partial charge in [0.25, 0.3) is 0 Å². The van der Waals surface area contributed by atoms with Crippen LogP contribution in [0, 0.1) is 0 Å². The number of phosphoric acid groups is 1. The predicted molar refractivity (Wildman–Crippen MR) is 65.5 cm³/mol. The second-order valence-electron chi connectivity index (χ2n) is 0.513. The molecule has 0 aliphatic rings. The molecule has 12 heavy (non-hydrogen) atoms. The van der Waals surface area contributed by atoms with Crippen LogP contribution in [-0.4, -0.2) is 258 Å². The Hall–Kier alpha value is 8.31. The molecule has 53 valence electrons. The van der Waals surface area contributed by atoms with Crippen molar-refractivity contribution in [2.45, 2.75) is 0 Å². The van der Waals surface area contributed by atoms with Gasteiger partial charge in [-0.15, -0.1) is 12.4 Å². The van der Waals surface area contributed by atoms with E-state index >= 15 is 0 Å². The summed E-state index contributed by atoms with van der Waals surface area (Å²) < 4.78 is 8.88. The van der Waals surface area contributed by atoms with Gasteiger partial charge in [0.2, 0.25) is 0 Å². The molecule has 0 aromatic carbocycles. The Morgan fingerprint density at radius 1 is 0.833 bits per heavy atom. The van der Waals surface area contributed by atoms with Gasteiger partial charge < -0.3 is 14.7 Å². The van der Waals surface area contributed by atoms with Crippen molar-refractivity contribution in [2.75, 3.05) is 0 Å². The molecule has 0 unspecified atom stereocenters. The van der Waals surface area contributed by atoms with Crippen LogP contribution in [0.5, 0.6) is 0 Å². The van der Waals surface area contributed by atoms with Crippen molar-refractivity contribution in [3.63, 3.8) is 0 Å². The molecule has 0 aromatic rings. The second kappa shape index (κ2) is 31.6. The summed E-state index contributed by atoms with van der Waals surface area (Å²) in [6.07, 6.45) is 0. The summed E-state index contributed by atoms with van der Waals surface area (Å²) in [6.45, 7) is 0. The molecule has 0 amide bonds. The Morgan fingerprint density at radius 3 is 0.833 bits per heavy atom. The van der Waals surface area contributed by atoms with E-state index < -0.39 is 7.82 Å². The Balaban J connectivity index is -0.00000000286. The van der Waals surface area contributed by atoms with Gasteiger partial charge in [0, 0.05) is 1.43 Å². The summed E-state index contributed by atoms with van der Waals surface area (Å²) in [7, 11) is -4.64. The van der Waals surface area contributed by atoms with E-state index in [2.05, 4.69) is 0 Å². The molecule has 0 aromatic heterocycles. The SMILES string of the molecule is Cl.O=P(O)(O)O.[H].[KH].[KH].[KH].[NaH].[NaH].[NaH]. The van der Waals surface area contributed by atoms with Crippen LogP contribution in [0.4, 0.5) is 0 Å². The molecule has 0 aliphatic carbocycles. The van der Waals surface area contributed by atoms with Crippen LogP contribution in [0.15, 0.2) is 0 Å². The van der Waals surface area contributed by atoms with Crippen LogP contribution >= 0.6 is 20.2 Å². The molecular weight excluding hydrogens is 317 g/mol. The Kier molecular flexibility index (Phi) is 132. The van der Waals surface area contributed by atoms with Crippen LogP contribution in [-0.2, 0) is 4.57 Å². The van der Waals surface area contributed by atoms with Crippen LogP contribution in [0.25, 0.3) is 0 Å². The van der Waals surface area contributed by atoms with E-state index in [4.69, 9.17) is 19.2 Å². The normalized spacial score (nSPS) is 4.92. The molecule has 3 N–H and O–H groups in total. The van der Waals surface area contributed by atoms with Gasteiger partial charge in [0.15, 0.2) is 0 Å². The van der Waals surface area contributed by atoms with Crippen molar-refractivity contribution in [2.24, 2.45) is 0 Å². The molecule has 0 atom stereocenters. The van der Waals surface area contributed by atoms with E-state index in [1.165, 1.54) is 0 Å². The van der Waals surface area contributed by atoms with Crippen LogP contribution in [0.3, 0.4) is 0 Å². The van der Waals surface area contributed by atoms with Crippen molar-refractivity contribution in [3.05, 3.63) is 0 Å². The third-order valence-corrected chi connectivity index (χ3v) is 0. The average Bonchev–Trinajstić information content (AvgIpc) is 0.722. The number of halogens is 1. The topological polar surface area (TPSA) is 77.8 Å². The van der Waals surface area contributed by atoms with Gasteiger partial charge >= 0.3 is 251 Å². The third-order valence-electron chi connectivity index (χ3n) is 0. The quantitative estimate of drug-likeness (QED) is 0.311. The predicted octanol–water partition coefficient (Wildman–Crippen LogP) is -4.29. The summed E-state index contributed by atoms with van der Waals surface area (Å²) in [5.41, 5.74) is 0. The van der Waals surface area contributed by atoms with E-state index in [0.717, 1.165) is 0 Å². The minimum absolute atomic E-state index is 0. The summed E-state index contributed by atoms with van der Waals surface area (Å²) in [5, 5.41) is 0. The molecule has 0 bridgehead atoms. The summed E-state index contributed by atoms with van der Waals surface area (Å²) in [5.74, 6) is 0. The average molecular weight is 328 g/mol. The van der Waals surface area contributed by atoms with Crippen LogP contribution < -0.4 is 0 Å². The standard InChI is InChI=1S/ClH.3K.3Na.H3O4P.7H/c;;;;;;;1-5(2,3)4;;;;;;;/h1H;;;;;;;(H3,1,2,3,4);;;;;;;. The van der Waals surface area contributed by atoms with E-state index in [0.29, 0.717) is 0 Å². The third kappa shape index (κ3) is 79.5. The summed E-state index contributed by atoms with van der Waals surface area (Å²) in [6, 6.07) is 0. The zero-order chi connectivity index (χ0) is 4.50. The Bertz CT molecular complexity index is 76.8. The summed E-state index contributed by atoms with van der Waals surface area (Å²) in [4.78, 5) is 21.6. The van der Waals surface area contributed by atoms with E-state index in [1.807, 2.05) is 0 Å². The van der Waals surface area contributed by atoms with Crippen molar-refractivity contribution < 1.29 is 20.7 Å². The molecule has 0 aliphatic heterocycles. The Labute approximate surface area is 274 Å². The molecule has 1 radical (unpaired) electrons. The molecule has 0 fully saturated rings. The van der Waals surface area contributed by atoms with Crippen LogP contribution in [0.1, 0.15) is 1.43 Å². The van der Waals surface area contributed by atoms with Crippen molar-refractivity contribution in [1.82, 2.24) is 0 Å². The van der Waals surface area contributed by atoms with E-state index in [-0.39, 0.29) is 257 Å². The first-order valence-corrected chi connectivity index (χ1v) is 2.35. The molecule has 12 heteroatoms. The zero-order valence-electron chi connectivity index (χ0n) is 3.61. The summed E-state index contributed by atoms with van der Waals surface area (Å²) >= 11 is 0. The fraction of sp³-hybridized carbons (Fsp3) is 0. The van der Waals surface area contributed by atoms with E-state index in [9.17, 15) is 0 Å². The maximum atomic E-state index is 8.88. The zero-order valence-corrected chi connectivity index (χ0v) is 4.32. The van der Waals surface area contributed by atoms with Gasteiger partial charge in [-0.3, -0.25) is 0 Å². The van der Waals surface area contributed by atoms with Gasteiger partial charge in [-0.1, -0.05) is 0 Å². The Morgan fingerprint density at radius 2 is 0.833 bits per heavy atom. The molecule has 0 saturated carbocycles. The van der Waals surface area contributed by atoms with Crippen molar-refractivity contribution >= 4 is 263 Å². The molecule has 0 rings (SSSR count). The molecule has 0 saturated heterocycles. The maximum absolute atomic E-state index is 8.88. The molecule has 0 spiro atoms. The van der Waals surface area contributed by atoms with E-state index in [1.54, 1.807) is 0 Å². The molecular formula is H11ClK3Na3O4P. The van der Waals surface area contributed by atoms with Crippen molar-refractivity contribution in [1.29, 1.82) is 0 Å². The molecule has 0 heterocycles.